The minimum atomic E-state index is 0. The van der Waals surface area contributed by atoms with Gasteiger partial charge in [-0.1, -0.05) is 106 Å². The molecule has 0 fully saturated rings. The first-order valence-corrected chi connectivity index (χ1v) is 9.10. The molecule has 2 heteroatoms. The number of hydrogen-bond acceptors (Lipinski definition) is 0. The Hall–Kier alpha value is 0.440. The van der Waals surface area contributed by atoms with E-state index in [1.54, 1.807) is 0 Å². The standard InChI is InChI=1S/C16H33Br.H2O/c1-2-3-4-5-6-7-8-9-10-11-12-13-14-15-16-17;/h2-16H2,1H3;1H2. The average Bonchev–Trinajstić information content (AvgIpc) is 2.35. The molecule has 0 aromatic carbocycles. The van der Waals surface area contributed by atoms with Crippen LogP contribution in [0.3, 0.4) is 0 Å². The molecule has 0 atom stereocenters. The van der Waals surface area contributed by atoms with Crippen LogP contribution in [0.5, 0.6) is 0 Å². The predicted molar refractivity (Wildman–Crippen MR) is 87.7 cm³/mol. The maximum atomic E-state index is 3.48. The van der Waals surface area contributed by atoms with Crippen molar-refractivity contribution < 1.29 is 5.48 Å². The largest absolute Gasteiger partial charge is 0.412 e. The van der Waals surface area contributed by atoms with Crippen molar-refractivity contribution in [1.82, 2.24) is 0 Å². The quantitative estimate of drug-likeness (QED) is 0.276. The molecule has 0 heterocycles. The number of hydrogen-bond donors (Lipinski definition) is 0. The molecule has 0 rings (SSSR count). The molecule has 0 aliphatic carbocycles. The zero-order chi connectivity index (χ0) is 12.6. The van der Waals surface area contributed by atoms with Crippen molar-refractivity contribution in [2.45, 2.75) is 96.8 Å². The van der Waals surface area contributed by atoms with Gasteiger partial charge in [-0.05, 0) is 6.42 Å². The normalized spacial score (nSPS) is 10.3. The van der Waals surface area contributed by atoms with Gasteiger partial charge in [0.05, 0.1) is 0 Å². The molecule has 18 heavy (non-hydrogen) atoms. The van der Waals surface area contributed by atoms with Crippen molar-refractivity contribution in [2.24, 2.45) is 0 Å². The summed E-state index contributed by atoms with van der Waals surface area (Å²) in [6.07, 6.45) is 20.3. The van der Waals surface area contributed by atoms with Gasteiger partial charge in [0.25, 0.3) is 0 Å². The van der Waals surface area contributed by atoms with Gasteiger partial charge in [0.2, 0.25) is 0 Å². The molecule has 0 aromatic rings. The van der Waals surface area contributed by atoms with Crippen molar-refractivity contribution in [3.63, 3.8) is 0 Å². The first kappa shape index (κ1) is 20.8. The molecule has 0 unspecified atom stereocenters. The molecule has 0 radical (unpaired) electrons. The minimum Gasteiger partial charge on any atom is -0.412 e. The summed E-state index contributed by atoms with van der Waals surface area (Å²) in [5, 5.41) is 1.19. The van der Waals surface area contributed by atoms with E-state index in [1.165, 1.54) is 95.2 Å². The Morgan fingerprint density at radius 2 is 0.778 bits per heavy atom. The van der Waals surface area contributed by atoms with Crippen LogP contribution in [0.25, 0.3) is 0 Å². The van der Waals surface area contributed by atoms with E-state index >= 15 is 0 Å². The highest BCUT2D eigenvalue weighted by Gasteiger charge is 1.93. The second-order valence-corrected chi connectivity index (χ2v) is 6.08. The summed E-state index contributed by atoms with van der Waals surface area (Å²) in [5.74, 6) is 0. The molecular weight excluding hydrogens is 288 g/mol. The highest BCUT2D eigenvalue weighted by molar-refractivity contribution is 9.09. The molecule has 0 aliphatic rings. The van der Waals surface area contributed by atoms with Crippen LogP contribution < -0.4 is 0 Å². The molecule has 0 saturated carbocycles. The first-order chi connectivity index (χ1) is 8.41. The Balaban J connectivity index is 0. The number of halogens is 1. The second kappa shape index (κ2) is 19.8. The van der Waals surface area contributed by atoms with Crippen molar-refractivity contribution in [2.75, 3.05) is 5.33 Å². The van der Waals surface area contributed by atoms with Gasteiger partial charge < -0.3 is 5.48 Å². The van der Waals surface area contributed by atoms with Crippen LogP contribution in [-0.4, -0.2) is 10.8 Å². The van der Waals surface area contributed by atoms with Gasteiger partial charge in [0.1, 0.15) is 0 Å². The first-order valence-electron chi connectivity index (χ1n) is 7.97. The molecule has 1 nitrogen and oxygen atoms in total. The van der Waals surface area contributed by atoms with Crippen LogP contribution in [0.2, 0.25) is 0 Å². The zero-order valence-corrected chi connectivity index (χ0v) is 14.1. The lowest BCUT2D eigenvalue weighted by Gasteiger charge is -2.02. The molecule has 0 bridgehead atoms. The van der Waals surface area contributed by atoms with E-state index < -0.39 is 0 Å². The summed E-state index contributed by atoms with van der Waals surface area (Å²) < 4.78 is 0. The third kappa shape index (κ3) is 18.8. The van der Waals surface area contributed by atoms with Gasteiger partial charge in [-0.3, -0.25) is 0 Å². The Morgan fingerprint density at radius 1 is 0.500 bits per heavy atom. The maximum absolute atomic E-state index is 3.48. The van der Waals surface area contributed by atoms with E-state index in [-0.39, 0.29) is 5.48 Å². The average molecular weight is 323 g/mol. The lowest BCUT2D eigenvalue weighted by atomic mass is 10.0. The third-order valence-corrected chi connectivity index (χ3v) is 4.05. The van der Waals surface area contributed by atoms with Gasteiger partial charge in [-0.25, -0.2) is 0 Å². The summed E-state index contributed by atoms with van der Waals surface area (Å²) in [6.45, 7) is 2.29. The fourth-order valence-electron chi connectivity index (χ4n) is 2.29. The van der Waals surface area contributed by atoms with Crippen molar-refractivity contribution in [3.05, 3.63) is 0 Å². The SMILES string of the molecule is CCCCCCCCCCCCCCCCBr.O. The highest BCUT2D eigenvalue weighted by atomic mass is 79.9. The van der Waals surface area contributed by atoms with Gasteiger partial charge in [-0.15, -0.1) is 0 Å². The molecule has 0 aliphatic heterocycles. The zero-order valence-electron chi connectivity index (χ0n) is 12.5. The van der Waals surface area contributed by atoms with Gasteiger partial charge in [0.15, 0.2) is 0 Å². The second-order valence-electron chi connectivity index (χ2n) is 5.29. The van der Waals surface area contributed by atoms with Crippen LogP contribution >= 0.6 is 15.9 Å². The Bertz CT molecular complexity index is 114. The van der Waals surface area contributed by atoms with Gasteiger partial charge in [-0.2, -0.15) is 0 Å². The van der Waals surface area contributed by atoms with Gasteiger partial charge in [0, 0.05) is 5.33 Å². The van der Waals surface area contributed by atoms with Crippen molar-refractivity contribution in [3.8, 4) is 0 Å². The number of alkyl halides is 1. The highest BCUT2D eigenvalue weighted by Crippen LogP contribution is 2.12. The maximum Gasteiger partial charge on any atom is 0.00313 e. The number of unbranched alkanes of at least 4 members (excludes halogenated alkanes) is 13. The Morgan fingerprint density at radius 3 is 1.06 bits per heavy atom. The van der Waals surface area contributed by atoms with E-state index in [9.17, 15) is 0 Å². The summed E-state index contributed by atoms with van der Waals surface area (Å²) >= 11 is 3.48. The van der Waals surface area contributed by atoms with E-state index in [0.29, 0.717) is 0 Å². The third-order valence-electron chi connectivity index (χ3n) is 3.49. The summed E-state index contributed by atoms with van der Waals surface area (Å²) in [5.41, 5.74) is 0. The molecule has 2 N–H and O–H groups in total. The summed E-state index contributed by atoms with van der Waals surface area (Å²) in [6, 6.07) is 0. The van der Waals surface area contributed by atoms with Gasteiger partial charge >= 0.3 is 0 Å². The van der Waals surface area contributed by atoms with E-state index in [4.69, 9.17) is 0 Å². The molecule has 0 amide bonds. The van der Waals surface area contributed by atoms with E-state index in [0.717, 1.165) is 0 Å². The smallest absolute Gasteiger partial charge is 0.00313 e. The molecule has 112 valence electrons. The Labute approximate surface area is 124 Å². The summed E-state index contributed by atoms with van der Waals surface area (Å²) in [7, 11) is 0. The molecule has 0 saturated heterocycles. The van der Waals surface area contributed by atoms with E-state index in [2.05, 4.69) is 22.9 Å². The fraction of sp³-hybridized carbons (Fsp3) is 1.00. The van der Waals surface area contributed by atoms with Crippen molar-refractivity contribution in [1.29, 1.82) is 0 Å². The topological polar surface area (TPSA) is 31.5 Å². The predicted octanol–water partition coefficient (Wildman–Crippen LogP) is 6.04. The lowest BCUT2D eigenvalue weighted by molar-refractivity contribution is 0.538. The van der Waals surface area contributed by atoms with Crippen LogP contribution in [0.1, 0.15) is 96.8 Å². The number of rotatable bonds is 14. The molecule has 0 aromatic heterocycles. The van der Waals surface area contributed by atoms with Crippen LogP contribution in [0.4, 0.5) is 0 Å². The molecular formula is C16H35BrO. The van der Waals surface area contributed by atoms with Crippen LogP contribution in [-0.2, 0) is 0 Å². The fourth-order valence-corrected chi connectivity index (χ4v) is 2.69. The summed E-state index contributed by atoms with van der Waals surface area (Å²) in [4.78, 5) is 0. The minimum absolute atomic E-state index is 0. The van der Waals surface area contributed by atoms with Crippen LogP contribution in [0, 0.1) is 0 Å². The molecule has 0 spiro atoms. The van der Waals surface area contributed by atoms with E-state index in [1.807, 2.05) is 0 Å². The van der Waals surface area contributed by atoms with Crippen molar-refractivity contribution >= 4 is 15.9 Å². The monoisotopic (exact) mass is 322 g/mol. The van der Waals surface area contributed by atoms with Crippen LogP contribution in [0.15, 0.2) is 0 Å². The lowest BCUT2D eigenvalue weighted by Crippen LogP contribution is -1.83. The Kier molecular flexibility index (Phi) is 22.8.